The summed E-state index contributed by atoms with van der Waals surface area (Å²) in [5.41, 5.74) is 1.16. The third-order valence-corrected chi connectivity index (χ3v) is 2.94. The van der Waals surface area contributed by atoms with Crippen molar-refractivity contribution in [3.63, 3.8) is 0 Å². The van der Waals surface area contributed by atoms with Crippen molar-refractivity contribution >= 4 is 17.5 Å². The Balaban J connectivity index is 2.54. The van der Waals surface area contributed by atoms with Gasteiger partial charge in [-0.15, -0.1) is 11.6 Å². The highest BCUT2D eigenvalue weighted by Crippen LogP contribution is 2.07. The lowest BCUT2D eigenvalue weighted by Gasteiger charge is -2.21. The van der Waals surface area contributed by atoms with Crippen LogP contribution in [0.4, 0.5) is 0 Å². The number of carbonyl (C=O) groups excluding carboxylic acids is 1. The van der Waals surface area contributed by atoms with Crippen LogP contribution < -0.4 is 0 Å². The third kappa shape index (κ3) is 5.22. The third-order valence-electron chi connectivity index (χ3n) is 2.71. The van der Waals surface area contributed by atoms with Crippen LogP contribution in [0, 0.1) is 0 Å². The van der Waals surface area contributed by atoms with E-state index in [0.717, 1.165) is 31.4 Å². The Morgan fingerprint density at radius 3 is 2.53 bits per heavy atom. The summed E-state index contributed by atoms with van der Waals surface area (Å²) in [4.78, 5) is 13.5. The molecule has 2 nitrogen and oxygen atoms in total. The van der Waals surface area contributed by atoms with E-state index in [-0.39, 0.29) is 11.8 Å². The summed E-state index contributed by atoms with van der Waals surface area (Å²) in [6, 6.07) is 10.0. The molecule has 1 aromatic rings. The summed E-state index contributed by atoms with van der Waals surface area (Å²) in [5.74, 6) is 0.0884. The summed E-state index contributed by atoms with van der Waals surface area (Å²) in [5, 5.41) is 0. The van der Waals surface area contributed by atoms with Crippen LogP contribution in [-0.2, 0) is 11.3 Å². The molecule has 0 radical (unpaired) electrons. The van der Waals surface area contributed by atoms with Crippen molar-refractivity contribution in [2.75, 3.05) is 12.4 Å². The molecule has 0 aliphatic heterocycles. The Morgan fingerprint density at radius 1 is 1.24 bits per heavy atom. The quantitative estimate of drug-likeness (QED) is 0.538. The molecule has 1 aromatic carbocycles. The first-order chi connectivity index (χ1) is 8.27. The molecule has 0 aliphatic rings. The lowest BCUT2D eigenvalue weighted by molar-refractivity contribution is -0.129. The maximum atomic E-state index is 11.7. The summed E-state index contributed by atoms with van der Waals surface area (Å²) < 4.78 is 0. The van der Waals surface area contributed by atoms with Crippen LogP contribution in [0.1, 0.15) is 31.7 Å². The van der Waals surface area contributed by atoms with Gasteiger partial charge in [-0.2, -0.15) is 0 Å². The minimum Gasteiger partial charge on any atom is -0.337 e. The monoisotopic (exact) mass is 253 g/mol. The molecule has 1 rings (SSSR count). The predicted octanol–water partition coefficient (Wildman–Crippen LogP) is 3.44. The van der Waals surface area contributed by atoms with E-state index in [1.807, 2.05) is 35.2 Å². The van der Waals surface area contributed by atoms with Crippen molar-refractivity contribution in [2.45, 2.75) is 32.7 Å². The van der Waals surface area contributed by atoms with E-state index in [0.29, 0.717) is 6.54 Å². The second kappa shape index (κ2) is 8.13. The number of benzene rings is 1. The summed E-state index contributed by atoms with van der Waals surface area (Å²) in [6.45, 7) is 3.62. The van der Waals surface area contributed by atoms with E-state index < -0.39 is 0 Å². The number of nitrogens with zero attached hydrogens (tertiary/aromatic N) is 1. The van der Waals surface area contributed by atoms with Crippen molar-refractivity contribution in [1.82, 2.24) is 4.90 Å². The van der Waals surface area contributed by atoms with Crippen LogP contribution in [-0.4, -0.2) is 23.2 Å². The molecule has 0 aliphatic carbocycles. The number of halogens is 1. The van der Waals surface area contributed by atoms with Gasteiger partial charge in [0.15, 0.2) is 0 Å². The molecule has 0 fully saturated rings. The number of amides is 1. The molecule has 0 unspecified atom stereocenters. The average Bonchev–Trinajstić information content (AvgIpc) is 2.38. The predicted molar refractivity (Wildman–Crippen MR) is 72.1 cm³/mol. The fourth-order valence-electron chi connectivity index (χ4n) is 1.73. The van der Waals surface area contributed by atoms with Crippen LogP contribution in [0.25, 0.3) is 0 Å². The number of unbranched alkanes of at least 4 members (excludes halogenated alkanes) is 2. The van der Waals surface area contributed by atoms with E-state index in [1.54, 1.807) is 0 Å². The van der Waals surface area contributed by atoms with E-state index in [4.69, 9.17) is 11.6 Å². The maximum absolute atomic E-state index is 11.7. The maximum Gasteiger partial charge on any atom is 0.237 e. The molecule has 0 N–H and O–H groups in total. The molecule has 0 atom stereocenters. The molecule has 0 saturated carbocycles. The molecular weight excluding hydrogens is 234 g/mol. The van der Waals surface area contributed by atoms with Crippen molar-refractivity contribution in [3.05, 3.63) is 35.9 Å². The Hall–Kier alpha value is -1.02. The van der Waals surface area contributed by atoms with Gasteiger partial charge in [-0.25, -0.2) is 0 Å². The number of alkyl halides is 1. The molecule has 0 heterocycles. The van der Waals surface area contributed by atoms with Gasteiger partial charge in [0.05, 0.1) is 0 Å². The molecule has 0 spiro atoms. The molecule has 94 valence electrons. The van der Waals surface area contributed by atoms with Gasteiger partial charge in [0.1, 0.15) is 5.88 Å². The lowest BCUT2D eigenvalue weighted by Crippen LogP contribution is -2.32. The number of carbonyl (C=O) groups is 1. The van der Waals surface area contributed by atoms with E-state index >= 15 is 0 Å². The molecule has 0 bridgehead atoms. The van der Waals surface area contributed by atoms with Gasteiger partial charge >= 0.3 is 0 Å². The molecular formula is C14H20ClNO. The smallest absolute Gasteiger partial charge is 0.237 e. The second-order valence-electron chi connectivity index (χ2n) is 4.14. The van der Waals surface area contributed by atoms with Crippen molar-refractivity contribution in [1.29, 1.82) is 0 Å². The highest BCUT2D eigenvalue weighted by molar-refractivity contribution is 6.27. The van der Waals surface area contributed by atoms with Crippen molar-refractivity contribution in [3.8, 4) is 0 Å². The zero-order chi connectivity index (χ0) is 12.5. The SMILES string of the molecule is CCCCCN(Cc1ccccc1)C(=O)CCl. The van der Waals surface area contributed by atoms with Gasteiger partial charge in [-0.05, 0) is 12.0 Å². The average molecular weight is 254 g/mol. The fourth-order valence-corrected chi connectivity index (χ4v) is 1.90. The van der Waals surface area contributed by atoms with Gasteiger partial charge in [0.25, 0.3) is 0 Å². The Bertz CT molecular complexity index is 326. The Kier molecular flexibility index (Phi) is 6.71. The highest BCUT2D eigenvalue weighted by Gasteiger charge is 2.11. The topological polar surface area (TPSA) is 20.3 Å². The first-order valence-corrected chi connectivity index (χ1v) is 6.69. The Labute approximate surface area is 109 Å². The van der Waals surface area contributed by atoms with Gasteiger partial charge < -0.3 is 4.90 Å². The summed E-state index contributed by atoms with van der Waals surface area (Å²) >= 11 is 5.63. The largest absolute Gasteiger partial charge is 0.337 e. The molecule has 3 heteroatoms. The second-order valence-corrected chi connectivity index (χ2v) is 4.41. The van der Waals surface area contributed by atoms with E-state index in [9.17, 15) is 4.79 Å². The zero-order valence-corrected chi connectivity index (χ0v) is 11.1. The van der Waals surface area contributed by atoms with Crippen LogP contribution >= 0.6 is 11.6 Å². The summed E-state index contributed by atoms with van der Waals surface area (Å²) in [7, 11) is 0. The van der Waals surface area contributed by atoms with E-state index in [1.165, 1.54) is 0 Å². The highest BCUT2D eigenvalue weighted by atomic mass is 35.5. The lowest BCUT2D eigenvalue weighted by atomic mass is 10.2. The van der Waals surface area contributed by atoms with Crippen molar-refractivity contribution < 1.29 is 4.79 Å². The zero-order valence-electron chi connectivity index (χ0n) is 10.4. The van der Waals surface area contributed by atoms with Crippen LogP contribution in [0.2, 0.25) is 0 Å². The normalized spacial score (nSPS) is 10.2. The number of rotatable bonds is 7. The van der Waals surface area contributed by atoms with Crippen LogP contribution in [0.3, 0.4) is 0 Å². The van der Waals surface area contributed by atoms with E-state index in [2.05, 4.69) is 6.92 Å². The summed E-state index contributed by atoms with van der Waals surface area (Å²) in [6.07, 6.45) is 3.36. The fraction of sp³-hybridized carbons (Fsp3) is 0.500. The standard InChI is InChI=1S/C14H20ClNO/c1-2-3-7-10-16(14(17)11-15)12-13-8-5-4-6-9-13/h4-6,8-9H,2-3,7,10-12H2,1H3. The minimum absolute atomic E-state index is 0.0200. The van der Waals surface area contributed by atoms with Crippen molar-refractivity contribution in [2.24, 2.45) is 0 Å². The first-order valence-electron chi connectivity index (χ1n) is 6.15. The molecule has 17 heavy (non-hydrogen) atoms. The van der Waals surface area contributed by atoms with Crippen LogP contribution in [0.15, 0.2) is 30.3 Å². The minimum atomic E-state index is 0.0200. The van der Waals surface area contributed by atoms with Gasteiger partial charge in [0.2, 0.25) is 5.91 Å². The molecule has 0 aromatic heterocycles. The number of hydrogen-bond donors (Lipinski definition) is 0. The molecule has 1 amide bonds. The van der Waals surface area contributed by atoms with Crippen LogP contribution in [0.5, 0.6) is 0 Å². The Morgan fingerprint density at radius 2 is 1.94 bits per heavy atom. The van der Waals surface area contributed by atoms with Gasteiger partial charge in [-0.1, -0.05) is 50.1 Å². The molecule has 0 saturated heterocycles. The first kappa shape index (κ1) is 14.0. The number of hydrogen-bond acceptors (Lipinski definition) is 1. The van der Waals surface area contributed by atoms with Gasteiger partial charge in [0, 0.05) is 13.1 Å². The van der Waals surface area contributed by atoms with Gasteiger partial charge in [-0.3, -0.25) is 4.79 Å².